The Morgan fingerprint density at radius 1 is 1.07 bits per heavy atom. The van der Waals surface area contributed by atoms with Crippen LogP contribution in [0.1, 0.15) is 17.7 Å². The average Bonchev–Trinajstić information content (AvgIpc) is 3.29. The number of nitrogens with two attached hydrogens (primary N) is 1. The summed E-state index contributed by atoms with van der Waals surface area (Å²) in [4.78, 5) is 9.13. The summed E-state index contributed by atoms with van der Waals surface area (Å²) in [6.07, 6.45) is 6.79. The lowest BCUT2D eigenvalue weighted by Gasteiger charge is -2.08. The summed E-state index contributed by atoms with van der Waals surface area (Å²) in [5.41, 5.74) is 13.5. The van der Waals surface area contributed by atoms with Crippen molar-refractivity contribution in [2.75, 3.05) is 6.54 Å². The lowest BCUT2D eigenvalue weighted by Crippen LogP contribution is -2.02. The van der Waals surface area contributed by atoms with E-state index in [4.69, 9.17) is 10.8 Å². The van der Waals surface area contributed by atoms with E-state index in [0.717, 1.165) is 48.1 Å². The molecule has 27 heavy (non-hydrogen) atoms. The van der Waals surface area contributed by atoms with Gasteiger partial charge in [0.25, 0.3) is 0 Å². The Kier molecular flexibility index (Phi) is 3.94. The molecule has 0 radical (unpaired) electrons. The standard InChI is InChI=1S/C22H21N5/c23-9-8-15-12-17-13-16(6-7-18(17)25-14-15)21-20-5-3-11-27(20)26-22(21)19-4-1-2-10-24-19/h1-2,4,6-7,10,12-14H,3,5,8-9,11,23H2. The Labute approximate surface area is 157 Å². The van der Waals surface area contributed by atoms with Gasteiger partial charge in [-0.1, -0.05) is 12.1 Å². The highest BCUT2D eigenvalue weighted by molar-refractivity contribution is 5.89. The molecule has 0 aliphatic carbocycles. The topological polar surface area (TPSA) is 69.6 Å². The van der Waals surface area contributed by atoms with Gasteiger partial charge < -0.3 is 5.73 Å². The largest absolute Gasteiger partial charge is 0.330 e. The van der Waals surface area contributed by atoms with Crippen LogP contribution < -0.4 is 5.73 Å². The third kappa shape index (κ3) is 2.80. The second-order valence-corrected chi connectivity index (χ2v) is 7.00. The first-order valence-electron chi connectivity index (χ1n) is 9.44. The van der Waals surface area contributed by atoms with Gasteiger partial charge in [0.15, 0.2) is 0 Å². The minimum atomic E-state index is 0.633. The van der Waals surface area contributed by atoms with Gasteiger partial charge in [-0.2, -0.15) is 5.10 Å². The zero-order chi connectivity index (χ0) is 18.2. The minimum Gasteiger partial charge on any atom is -0.330 e. The van der Waals surface area contributed by atoms with Crippen LogP contribution in [0.4, 0.5) is 0 Å². The van der Waals surface area contributed by atoms with Gasteiger partial charge in [-0.25, -0.2) is 0 Å². The van der Waals surface area contributed by atoms with E-state index in [1.54, 1.807) is 0 Å². The van der Waals surface area contributed by atoms with Crippen molar-refractivity contribution in [2.45, 2.75) is 25.8 Å². The maximum atomic E-state index is 5.71. The molecule has 0 saturated carbocycles. The van der Waals surface area contributed by atoms with E-state index >= 15 is 0 Å². The fourth-order valence-electron chi connectivity index (χ4n) is 3.95. The molecule has 5 heteroatoms. The number of aromatic nitrogens is 4. The van der Waals surface area contributed by atoms with E-state index in [-0.39, 0.29) is 0 Å². The molecule has 4 heterocycles. The molecule has 4 aromatic rings. The molecule has 5 rings (SSSR count). The highest BCUT2D eigenvalue weighted by Crippen LogP contribution is 2.37. The summed E-state index contributed by atoms with van der Waals surface area (Å²) in [6, 6.07) is 14.7. The van der Waals surface area contributed by atoms with E-state index in [1.807, 2.05) is 30.6 Å². The fourth-order valence-corrected chi connectivity index (χ4v) is 3.95. The summed E-state index contributed by atoms with van der Waals surface area (Å²) >= 11 is 0. The maximum Gasteiger partial charge on any atom is 0.119 e. The van der Waals surface area contributed by atoms with Crippen molar-refractivity contribution in [1.82, 2.24) is 19.7 Å². The van der Waals surface area contributed by atoms with Gasteiger partial charge in [0.05, 0.1) is 11.2 Å². The van der Waals surface area contributed by atoms with Crippen molar-refractivity contribution >= 4 is 10.9 Å². The SMILES string of the molecule is NCCc1cnc2ccc(-c3c(-c4ccccn4)nn4c3CCC4)cc2c1. The van der Waals surface area contributed by atoms with Crippen LogP contribution in [-0.4, -0.2) is 26.3 Å². The molecule has 1 aliphatic heterocycles. The van der Waals surface area contributed by atoms with Crippen LogP contribution in [0, 0.1) is 0 Å². The molecule has 5 nitrogen and oxygen atoms in total. The molecule has 0 amide bonds. The second kappa shape index (κ2) is 6.59. The Balaban J connectivity index is 1.70. The van der Waals surface area contributed by atoms with Crippen LogP contribution in [0.5, 0.6) is 0 Å². The fraction of sp³-hybridized carbons (Fsp3) is 0.227. The van der Waals surface area contributed by atoms with Crippen molar-refractivity contribution < 1.29 is 0 Å². The number of nitrogens with zero attached hydrogens (tertiary/aromatic N) is 4. The number of aryl methyl sites for hydroxylation is 1. The van der Waals surface area contributed by atoms with Crippen molar-refractivity contribution in [3.63, 3.8) is 0 Å². The van der Waals surface area contributed by atoms with Crippen molar-refractivity contribution in [1.29, 1.82) is 0 Å². The van der Waals surface area contributed by atoms with Gasteiger partial charge in [0.1, 0.15) is 5.69 Å². The predicted octanol–water partition coefficient (Wildman–Crippen LogP) is 3.61. The molecule has 0 atom stereocenters. The van der Waals surface area contributed by atoms with E-state index in [9.17, 15) is 0 Å². The van der Waals surface area contributed by atoms with E-state index in [1.165, 1.54) is 22.4 Å². The van der Waals surface area contributed by atoms with Crippen LogP contribution in [-0.2, 0) is 19.4 Å². The number of rotatable bonds is 4. The Morgan fingerprint density at radius 3 is 2.89 bits per heavy atom. The minimum absolute atomic E-state index is 0.633. The van der Waals surface area contributed by atoms with E-state index < -0.39 is 0 Å². The molecule has 134 valence electrons. The normalized spacial score (nSPS) is 13.2. The summed E-state index contributed by atoms with van der Waals surface area (Å²) < 4.78 is 2.15. The molecule has 0 unspecified atom stereocenters. The Bertz CT molecular complexity index is 1110. The number of hydrogen-bond acceptors (Lipinski definition) is 4. The summed E-state index contributed by atoms with van der Waals surface area (Å²) in [5.74, 6) is 0. The summed E-state index contributed by atoms with van der Waals surface area (Å²) in [7, 11) is 0. The zero-order valence-corrected chi connectivity index (χ0v) is 15.1. The molecule has 3 aromatic heterocycles. The number of pyridine rings is 2. The van der Waals surface area contributed by atoms with Gasteiger partial charge >= 0.3 is 0 Å². The molecular formula is C22H21N5. The smallest absolute Gasteiger partial charge is 0.119 e. The van der Waals surface area contributed by atoms with Gasteiger partial charge in [-0.3, -0.25) is 14.6 Å². The molecule has 0 saturated heterocycles. The van der Waals surface area contributed by atoms with E-state index in [0.29, 0.717) is 6.54 Å². The van der Waals surface area contributed by atoms with Gasteiger partial charge in [-0.05, 0) is 67.3 Å². The third-order valence-corrected chi connectivity index (χ3v) is 5.21. The highest BCUT2D eigenvalue weighted by Gasteiger charge is 2.24. The van der Waals surface area contributed by atoms with Crippen LogP contribution >= 0.6 is 0 Å². The quantitative estimate of drug-likeness (QED) is 0.607. The first kappa shape index (κ1) is 16.1. The Hall–Kier alpha value is -3.05. The summed E-state index contributed by atoms with van der Waals surface area (Å²) in [5, 5.41) is 6.03. The highest BCUT2D eigenvalue weighted by atomic mass is 15.3. The average molecular weight is 355 g/mol. The van der Waals surface area contributed by atoms with Crippen molar-refractivity contribution in [2.24, 2.45) is 5.73 Å². The Morgan fingerprint density at radius 2 is 2.04 bits per heavy atom. The van der Waals surface area contributed by atoms with Crippen LogP contribution in [0.25, 0.3) is 33.4 Å². The van der Waals surface area contributed by atoms with E-state index in [2.05, 4.69) is 38.9 Å². The number of hydrogen-bond donors (Lipinski definition) is 1. The molecular weight excluding hydrogens is 334 g/mol. The van der Waals surface area contributed by atoms with Crippen LogP contribution in [0.3, 0.4) is 0 Å². The molecule has 0 spiro atoms. The maximum absolute atomic E-state index is 5.71. The number of benzene rings is 1. The molecule has 1 aromatic carbocycles. The third-order valence-electron chi connectivity index (χ3n) is 5.21. The molecule has 0 bridgehead atoms. The molecule has 2 N–H and O–H groups in total. The van der Waals surface area contributed by atoms with Crippen molar-refractivity contribution in [3.8, 4) is 22.5 Å². The summed E-state index contributed by atoms with van der Waals surface area (Å²) in [6.45, 7) is 1.61. The van der Waals surface area contributed by atoms with Gasteiger partial charge in [0.2, 0.25) is 0 Å². The lowest BCUT2D eigenvalue weighted by atomic mass is 9.98. The first-order chi connectivity index (χ1) is 13.3. The van der Waals surface area contributed by atoms with Crippen LogP contribution in [0.2, 0.25) is 0 Å². The molecule has 0 fully saturated rings. The van der Waals surface area contributed by atoms with Gasteiger partial charge in [0, 0.05) is 35.6 Å². The number of fused-ring (bicyclic) bond motifs is 2. The molecule has 1 aliphatic rings. The van der Waals surface area contributed by atoms with Crippen LogP contribution in [0.15, 0.2) is 54.9 Å². The monoisotopic (exact) mass is 355 g/mol. The first-order valence-corrected chi connectivity index (χ1v) is 9.44. The lowest BCUT2D eigenvalue weighted by molar-refractivity contribution is 0.658. The second-order valence-electron chi connectivity index (χ2n) is 7.00. The van der Waals surface area contributed by atoms with Crippen molar-refractivity contribution in [3.05, 3.63) is 66.1 Å². The predicted molar refractivity (Wildman–Crippen MR) is 107 cm³/mol. The zero-order valence-electron chi connectivity index (χ0n) is 15.1. The van der Waals surface area contributed by atoms with Gasteiger partial charge in [-0.15, -0.1) is 0 Å².